The first-order valence-electron chi connectivity index (χ1n) is 4.82. The molecule has 1 aromatic heterocycles. The zero-order valence-corrected chi connectivity index (χ0v) is 9.42. The molecule has 2 rings (SSSR count). The summed E-state index contributed by atoms with van der Waals surface area (Å²) >= 11 is 1.13. The Hall–Kier alpha value is -1.74. The molecule has 0 aliphatic carbocycles. The molecule has 2 atom stereocenters. The normalized spacial score (nSPS) is 23.7. The van der Waals surface area contributed by atoms with Crippen molar-refractivity contribution in [2.75, 3.05) is 11.9 Å². The van der Waals surface area contributed by atoms with E-state index in [9.17, 15) is 14.7 Å². The van der Waals surface area contributed by atoms with E-state index >= 15 is 0 Å². The summed E-state index contributed by atoms with van der Waals surface area (Å²) < 4.78 is 0. The number of anilines is 1. The van der Waals surface area contributed by atoms with Crippen LogP contribution in [0.25, 0.3) is 0 Å². The standard InChI is InChI=1S/C8H10N4O4S/c13-4-1-5(6(14)15)12(2-4)8(16)10-7-11-9-3-17-7/h3-5,13H,1-2H2,(H,14,15)(H,10,11,16). The molecule has 2 amide bonds. The van der Waals surface area contributed by atoms with Crippen molar-refractivity contribution >= 4 is 28.5 Å². The number of carboxylic acids is 1. The molecule has 1 aliphatic heterocycles. The topological polar surface area (TPSA) is 116 Å². The van der Waals surface area contributed by atoms with E-state index in [1.807, 2.05) is 0 Å². The van der Waals surface area contributed by atoms with Crippen LogP contribution in [0.2, 0.25) is 0 Å². The lowest BCUT2D eigenvalue weighted by Gasteiger charge is -2.20. The van der Waals surface area contributed by atoms with Crippen molar-refractivity contribution in [3.63, 3.8) is 0 Å². The minimum absolute atomic E-state index is 0.00159. The average molecular weight is 258 g/mol. The van der Waals surface area contributed by atoms with Gasteiger partial charge in [0.2, 0.25) is 5.13 Å². The summed E-state index contributed by atoms with van der Waals surface area (Å²) in [5.41, 5.74) is 1.45. The molecule has 1 aliphatic rings. The van der Waals surface area contributed by atoms with Crippen LogP contribution in [0.4, 0.5) is 9.93 Å². The van der Waals surface area contributed by atoms with Crippen LogP contribution in [0.5, 0.6) is 0 Å². The van der Waals surface area contributed by atoms with Crippen LogP contribution in [-0.2, 0) is 4.79 Å². The van der Waals surface area contributed by atoms with Crippen LogP contribution < -0.4 is 5.32 Å². The fourth-order valence-electron chi connectivity index (χ4n) is 1.66. The smallest absolute Gasteiger partial charge is 0.326 e. The molecular formula is C8H10N4O4S. The molecule has 3 N–H and O–H groups in total. The molecule has 1 aromatic rings. The Morgan fingerprint density at radius 3 is 2.94 bits per heavy atom. The lowest BCUT2D eigenvalue weighted by Crippen LogP contribution is -2.43. The monoisotopic (exact) mass is 258 g/mol. The number of aliphatic hydroxyl groups excluding tert-OH is 1. The first-order valence-corrected chi connectivity index (χ1v) is 5.70. The summed E-state index contributed by atoms with van der Waals surface area (Å²) in [5, 5.41) is 28.2. The van der Waals surface area contributed by atoms with Gasteiger partial charge in [-0.1, -0.05) is 11.3 Å². The third kappa shape index (κ3) is 2.50. The molecule has 0 saturated carbocycles. The first kappa shape index (κ1) is 11.7. The molecule has 0 aromatic carbocycles. The van der Waals surface area contributed by atoms with Crippen molar-refractivity contribution < 1.29 is 19.8 Å². The van der Waals surface area contributed by atoms with E-state index in [0.717, 1.165) is 16.2 Å². The summed E-state index contributed by atoms with van der Waals surface area (Å²) in [5.74, 6) is -1.13. The summed E-state index contributed by atoms with van der Waals surface area (Å²) in [6.07, 6.45) is -0.768. The van der Waals surface area contributed by atoms with E-state index in [2.05, 4.69) is 15.5 Å². The SMILES string of the molecule is O=C(O)C1CC(O)CN1C(=O)Nc1nncs1. The molecule has 8 nitrogen and oxygen atoms in total. The molecule has 0 spiro atoms. The van der Waals surface area contributed by atoms with Gasteiger partial charge in [-0.2, -0.15) is 0 Å². The number of nitrogens with one attached hydrogen (secondary N) is 1. The molecule has 1 saturated heterocycles. The Labute approximate surface area is 99.9 Å². The second-order valence-corrected chi connectivity index (χ2v) is 4.40. The quantitative estimate of drug-likeness (QED) is 0.664. The summed E-state index contributed by atoms with van der Waals surface area (Å²) in [4.78, 5) is 23.7. The van der Waals surface area contributed by atoms with Crippen molar-refractivity contribution in [2.45, 2.75) is 18.6 Å². The van der Waals surface area contributed by atoms with Crippen LogP contribution in [0.1, 0.15) is 6.42 Å². The predicted octanol–water partition coefficient (Wildman–Crippen LogP) is -0.410. The molecular weight excluding hydrogens is 248 g/mol. The molecule has 2 heterocycles. The fourth-order valence-corrected chi connectivity index (χ4v) is 2.10. The van der Waals surface area contributed by atoms with Gasteiger partial charge in [-0.3, -0.25) is 5.32 Å². The highest BCUT2D eigenvalue weighted by molar-refractivity contribution is 7.13. The number of hydrogen-bond donors (Lipinski definition) is 3. The van der Waals surface area contributed by atoms with Crippen LogP contribution in [0.15, 0.2) is 5.51 Å². The highest BCUT2D eigenvalue weighted by Crippen LogP contribution is 2.20. The fraction of sp³-hybridized carbons (Fsp3) is 0.500. The number of nitrogens with zero attached hydrogens (tertiary/aromatic N) is 3. The minimum Gasteiger partial charge on any atom is -0.480 e. The Kier molecular flexibility index (Phi) is 3.20. The number of carboxylic acid groups (broad SMARTS) is 1. The van der Waals surface area contributed by atoms with Gasteiger partial charge in [0, 0.05) is 13.0 Å². The van der Waals surface area contributed by atoms with Crippen molar-refractivity contribution in [3.05, 3.63) is 5.51 Å². The lowest BCUT2D eigenvalue weighted by atomic mass is 10.2. The zero-order chi connectivity index (χ0) is 12.4. The van der Waals surface area contributed by atoms with E-state index in [-0.39, 0.29) is 13.0 Å². The number of aliphatic carboxylic acids is 1. The van der Waals surface area contributed by atoms with Crippen LogP contribution in [-0.4, -0.2) is 56.0 Å². The van der Waals surface area contributed by atoms with Gasteiger partial charge in [-0.25, -0.2) is 9.59 Å². The highest BCUT2D eigenvalue weighted by Gasteiger charge is 2.39. The van der Waals surface area contributed by atoms with Gasteiger partial charge in [0.15, 0.2) is 0 Å². The van der Waals surface area contributed by atoms with Crippen LogP contribution >= 0.6 is 11.3 Å². The number of hydrogen-bond acceptors (Lipinski definition) is 6. The van der Waals surface area contributed by atoms with Gasteiger partial charge in [0.1, 0.15) is 11.6 Å². The predicted molar refractivity (Wildman–Crippen MR) is 57.7 cm³/mol. The molecule has 0 bridgehead atoms. The van der Waals surface area contributed by atoms with Crippen molar-refractivity contribution in [2.24, 2.45) is 0 Å². The molecule has 1 fully saturated rings. The zero-order valence-electron chi connectivity index (χ0n) is 8.61. The third-order valence-electron chi connectivity index (χ3n) is 2.40. The first-order chi connectivity index (χ1) is 8.08. The van der Waals surface area contributed by atoms with Gasteiger partial charge in [-0.15, -0.1) is 10.2 Å². The maximum absolute atomic E-state index is 11.8. The number of urea groups is 1. The molecule has 17 heavy (non-hydrogen) atoms. The largest absolute Gasteiger partial charge is 0.480 e. The van der Waals surface area contributed by atoms with Gasteiger partial charge in [0.25, 0.3) is 0 Å². The Balaban J connectivity index is 2.05. The number of likely N-dealkylation sites (tertiary alicyclic amines) is 1. The van der Waals surface area contributed by atoms with E-state index in [4.69, 9.17) is 5.11 Å². The summed E-state index contributed by atoms with van der Waals surface area (Å²) in [6, 6.07) is -1.59. The second kappa shape index (κ2) is 4.63. The molecule has 9 heteroatoms. The average Bonchev–Trinajstić information content (AvgIpc) is 2.86. The van der Waals surface area contributed by atoms with Gasteiger partial charge in [-0.05, 0) is 0 Å². The number of aromatic nitrogens is 2. The highest BCUT2D eigenvalue weighted by atomic mass is 32.1. The van der Waals surface area contributed by atoms with Crippen molar-refractivity contribution in [1.82, 2.24) is 15.1 Å². The van der Waals surface area contributed by atoms with Crippen LogP contribution in [0, 0.1) is 0 Å². The number of aliphatic hydroxyl groups is 1. The molecule has 92 valence electrons. The van der Waals surface area contributed by atoms with E-state index in [1.165, 1.54) is 5.51 Å². The number of rotatable bonds is 2. The lowest BCUT2D eigenvalue weighted by molar-refractivity contribution is -0.141. The number of carbonyl (C=O) groups excluding carboxylic acids is 1. The van der Waals surface area contributed by atoms with E-state index in [1.54, 1.807) is 0 Å². The van der Waals surface area contributed by atoms with Crippen molar-refractivity contribution in [3.8, 4) is 0 Å². The van der Waals surface area contributed by atoms with Crippen molar-refractivity contribution in [1.29, 1.82) is 0 Å². The van der Waals surface area contributed by atoms with Gasteiger partial charge < -0.3 is 15.1 Å². The number of amides is 2. The Morgan fingerprint density at radius 1 is 1.59 bits per heavy atom. The van der Waals surface area contributed by atoms with Gasteiger partial charge >= 0.3 is 12.0 Å². The molecule has 0 radical (unpaired) electrons. The summed E-state index contributed by atoms with van der Waals surface area (Å²) in [7, 11) is 0. The minimum atomic E-state index is -1.13. The Morgan fingerprint density at radius 2 is 2.35 bits per heavy atom. The maximum atomic E-state index is 11.8. The number of β-amino-alcohol motifs (C(OH)–C–C–N with tert-alkyl or cyclic N) is 1. The van der Waals surface area contributed by atoms with E-state index < -0.39 is 24.1 Å². The second-order valence-electron chi connectivity index (χ2n) is 3.57. The Bertz CT molecular complexity index is 423. The summed E-state index contributed by atoms with van der Waals surface area (Å²) in [6.45, 7) is 0.00159. The number of carbonyl (C=O) groups is 2. The van der Waals surface area contributed by atoms with Crippen LogP contribution in [0.3, 0.4) is 0 Å². The maximum Gasteiger partial charge on any atom is 0.326 e. The molecule has 2 unspecified atom stereocenters. The third-order valence-corrected chi connectivity index (χ3v) is 3.01. The van der Waals surface area contributed by atoms with Gasteiger partial charge in [0.05, 0.1) is 6.10 Å². The van der Waals surface area contributed by atoms with E-state index in [0.29, 0.717) is 5.13 Å².